The van der Waals surface area contributed by atoms with Gasteiger partial charge in [0.1, 0.15) is 0 Å². The van der Waals surface area contributed by atoms with E-state index in [1.165, 1.54) is 0 Å². The number of hydrogen-bond donors (Lipinski definition) is 3. The van der Waals surface area contributed by atoms with Gasteiger partial charge in [-0.3, -0.25) is 14.7 Å². The topological polar surface area (TPSA) is 129 Å². The van der Waals surface area contributed by atoms with E-state index >= 15 is 0 Å². The zero-order chi connectivity index (χ0) is 29.4. The minimum Gasteiger partial charge on any atom is -0.475 e. The number of benzene rings is 1. The maximum Gasteiger partial charge on any atom is 0.490 e. The van der Waals surface area contributed by atoms with E-state index < -0.39 is 12.1 Å². The molecule has 5 rings (SSSR count). The van der Waals surface area contributed by atoms with Gasteiger partial charge in [-0.2, -0.15) is 18.3 Å². The lowest BCUT2D eigenvalue weighted by atomic mass is 10.2. The number of amides is 1. The largest absolute Gasteiger partial charge is 0.490 e. The van der Waals surface area contributed by atoms with Crippen LogP contribution in [-0.4, -0.2) is 99.0 Å². The van der Waals surface area contributed by atoms with Gasteiger partial charge in [-0.25, -0.2) is 14.5 Å². The van der Waals surface area contributed by atoms with E-state index in [9.17, 15) is 18.0 Å². The van der Waals surface area contributed by atoms with Crippen LogP contribution in [0.1, 0.15) is 10.4 Å². The summed E-state index contributed by atoms with van der Waals surface area (Å²) in [5.74, 6) is -2.25. The van der Waals surface area contributed by atoms with Crippen molar-refractivity contribution < 1.29 is 27.9 Å². The number of hydrogen-bond acceptors (Lipinski definition) is 8. The SMILES string of the molecule is CN1CCN(CCNC(=O)c2ccnc(-n3ncc4cc(Nc5ccncc5)ccc43)c2)CC1.O=C(O)C(F)(F)F. The summed E-state index contributed by atoms with van der Waals surface area (Å²) in [6.07, 6.45) is 1.87. The number of piperazine rings is 1. The first-order chi connectivity index (χ1) is 19.6. The van der Waals surface area contributed by atoms with Crippen molar-refractivity contribution >= 4 is 34.2 Å². The predicted molar refractivity (Wildman–Crippen MR) is 146 cm³/mol. The average Bonchev–Trinajstić information content (AvgIpc) is 3.38. The minimum absolute atomic E-state index is 0.0990. The fraction of sp³-hybridized carbons (Fsp3) is 0.296. The quantitative estimate of drug-likeness (QED) is 0.307. The Bertz CT molecular complexity index is 1470. The second-order valence-electron chi connectivity index (χ2n) is 9.30. The fourth-order valence-corrected chi connectivity index (χ4v) is 4.07. The van der Waals surface area contributed by atoms with E-state index in [1.807, 2.05) is 30.3 Å². The zero-order valence-corrected chi connectivity index (χ0v) is 22.2. The monoisotopic (exact) mass is 570 g/mol. The summed E-state index contributed by atoms with van der Waals surface area (Å²) in [6.45, 7) is 5.70. The smallest absolute Gasteiger partial charge is 0.475 e. The maximum atomic E-state index is 12.7. The molecule has 3 N–H and O–H groups in total. The van der Waals surface area contributed by atoms with Crippen molar-refractivity contribution in [2.75, 3.05) is 51.6 Å². The number of carboxylic acid groups (broad SMARTS) is 1. The number of rotatable bonds is 7. The average molecular weight is 571 g/mol. The summed E-state index contributed by atoms with van der Waals surface area (Å²) in [7, 11) is 2.14. The highest BCUT2D eigenvalue weighted by Crippen LogP contribution is 2.24. The highest BCUT2D eigenvalue weighted by Gasteiger charge is 2.38. The molecular weight excluding hydrogens is 541 g/mol. The predicted octanol–water partition coefficient (Wildman–Crippen LogP) is 3.17. The number of carbonyl (C=O) groups is 2. The summed E-state index contributed by atoms with van der Waals surface area (Å²) in [5.41, 5.74) is 3.41. The molecule has 11 nitrogen and oxygen atoms in total. The molecule has 1 aromatic carbocycles. The second-order valence-corrected chi connectivity index (χ2v) is 9.30. The van der Waals surface area contributed by atoms with Crippen LogP contribution in [0, 0.1) is 0 Å². The lowest BCUT2D eigenvalue weighted by Crippen LogP contribution is -2.46. The third kappa shape index (κ3) is 8.22. The molecule has 41 heavy (non-hydrogen) atoms. The highest BCUT2D eigenvalue weighted by atomic mass is 19.4. The van der Waals surface area contributed by atoms with Gasteiger partial charge in [0.2, 0.25) is 0 Å². The van der Waals surface area contributed by atoms with Crippen LogP contribution in [-0.2, 0) is 4.79 Å². The number of carbonyl (C=O) groups excluding carboxylic acids is 1. The molecule has 1 saturated heterocycles. The standard InChI is InChI=1S/C25H28N8O.C2HF3O2/c1-31-12-14-32(15-13-31)11-10-28-25(34)19-4-9-27-24(17-19)33-23-3-2-22(16-20(23)18-29-33)30-21-5-7-26-8-6-21;3-2(4,5)1(6)7/h2-9,16-18H,10-15H2,1H3,(H,26,30)(H,28,34);(H,6,7). The van der Waals surface area contributed by atoms with E-state index in [4.69, 9.17) is 9.90 Å². The van der Waals surface area contributed by atoms with Crippen molar-refractivity contribution in [3.05, 3.63) is 72.8 Å². The molecule has 0 radical (unpaired) electrons. The highest BCUT2D eigenvalue weighted by molar-refractivity contribution is 5.94. The number of nitrogens with one attached hydrogen (secondary N) is 2. The number of pyridine rings is 2. The molecule has 216 valence electrons. The Hall–Kier alpha value is -4.56. The van der Waals surface area contributed by atoms with E-state index in [-0.39, 0.29) is 5.91 Å². The van der Waals surface area contributed by atoms with E-state index in [1.54, 1.807) is 41.6 Å². The Balaban J connectivity index is 0.000000493. The molecule has 0 saturated carbocycles. The Morgan fingerprint density at radius 3 is 2.37 bits per heavy atom. The number of anilines is 2. The van der Waals surface area contributed by atoms with Crippen LogP contribution in [0.3, 0.4) is 0 Å². The number of carboxylic acids is 1. The first-order valence-electron chi connectivity index (χ1n) is 12.7. The van der Waals surface area contributed by atoms with Gasteiger partial charge in [0.25, 0.3) is 5.91 Å². The molecule has 0 atom stereocenters. The van der Waals surface area contributed by atoms with Gasteiger partial charge in [0.15, 0.2) is 5.82 Å². The van der Waals surface area contributed by atoms with E-state index in [2.05, 4.69) is 42.5 Å². The first-order valence-corrected chi connectivity index (χ1v) is 12.7. The number of fused-ring (bicyclic) bond motifs is 1. The van der Waals surface area contributed by atoms with Gasteiger partial charge >= 0.3 is 12.1 Å². The molecule has 1 aliphatic rings. The molecule has 4 heterocycles. The van der Waals surface area contributed by atoms with E-state index in [0.717, 1.165) is 55.0 Å². The lowest BCUT2D eigenvalue weighted by Gasteiger charge is -2.32. The van der Waals surface area contributed by atoms with Gasteiger partial charge in [0.05, 0.1) is 11.7 Å². The number of nitrogens with zero attached hydrogens (tertiary/aromatic N) is 6. The Kier molecular flexibility index (Phi) is 9.47. The number of halogens is 3. The number of alkyl halides is 3. The Morgan fingerprint density at radius 2 is 1.68 bits per heavy atom. The normalized spacial score (nSPS) is 14.2. The van der Waals surface area contributed by atoms with Crippen LogP contribution in [0.4, 0.5) is 24.5 Å². The summed E-state index contributed by atoms with van der Waals surface area (Å²) < 4.78 is 33.5. The maximum absolute atomic E-state index is 12.7. The molecule has 1 aliphatic heterocycles. The van der Waals surface area contributed by atoms with E-state index in [0.29, 0.717) is 17.9 Å². The molecule has 1 amide bonds. The fourth-order valence-electron chi connectivity index (χ4n) is 4.07. The van der Waals surface area contributed by atoms with Gasteiger partial charge in [-0.05, 0) is 49.5 Å². The van der Waals surface area contributed by atoms with Crippen LogP contribution in [0.15, 0.2) is 67.3 Å². The van der Waals surface area contributed by atoms with Crippen molar-refractivity contribution in [1.29, 1.82) is 0 Å². The van der Waals surface area contributed by atoms with Gasteiger partial charge in [0, 0.05) is 80.2 Å². The molecule has 0 aliphatic carbocycles. The third-order valence-electron chi connectivity index (χ3n) is 6.31. The third-order valence-corrected chi connectivity index (χ3v) is 6.31. The minimum atomic E-state index is -5.08. The number of aliphatic carboxylic acids is 1. The zero-order valence-electron chi connectivity index (χ0n) is 22.2. The summed E-state index contributed by atoms with van der Waals surface area (Å²) >= 11 is 0. The van der Waals surface area contributed by atoms with Crippen molar-refractivity contribution in [3.63, 3.8) is 0 Å². The molecule has 14 heteroatoms. The van der Waals surface area contributed by atoms with Crippen molar-refractivity contribution in [2.45, 2.75) is 6.18 Å². The first kappa shape index (κ1) is 29.4. The second kappa shape index (κ2) is 13.2. The van der Waals surface area contributed by atoms with Gasteiger partial charge in [-0.15, -0.1) is 0 Å². The van der Waals surface area contributed by atoms with Crippen molar-refractivity contribution in [1.82, 2.24) is 34.9 Å². The summed E-state index contributed by atoms with van der Waals surface area (Å²) in [5, 5.41) is 19.0. The molecule has 1 fully saturated rings. The van der Waals surface area contributed by atoms with Crippen LogP contribution in [0.25, 0.3) is 16.7 Å². The molecule has 0 unspecified atom stereocenters. The molecular formula is C27H29F3N8O3. The van der Waals surface area contributed by atoms with Gasteiger partial charge in [-0.1, -0.05) is 0 Å². The van der Waals surface area contributed by atoms with Crippen molar-refractivity contribution in [3.8, 4) is 5.82 Å². The van der Waals surface area contributed by atoms with Crippen LogP contribution in [0.5, 0.6) is 0 Å². The van der Waals surface area contributed by atoms with Crippen LogP contribution in [0.2, 0.25) is 0 Å². The summed E-state index contributed by atoms with van der Waals surface area (Å²) in [6, 6.07) is 13.4. The van der Waals surface area contributed by atoms with Crippen LogP contribution >= 0.6 is 0 Å². The number of likely N-dealkylation sites (N-methyl/N-ethyl adjacent to an activating group) is 1. The molecule has 4 aromatic rings. The number of aromatic nitrogens is 4. The summed E-state index contributed by atoms with van der Waals surface area (Å²) in [4.78, 5) is 34.8. The molecule has 0 bridgehead atoms. The van der Waals surface area contributed by atoms with Crippen molar-refractivity contribution in [2.24, 2.45) is 0 Å². The van der Waals surface area contributed by atoms with Gasteiger partial charge < -0.3 is 20.6 Å². The molecule has 3 aromatic heterocycles. The lowest BCUT2D eigenvalue weighted by molar-refractivity contribution is -0.192. The Labute approximate surface area is 233 Å². The van der Waals surface area contributed by atoms with Crippen LogP contribution < -0.4 is 10.6 Å². The molecule has 0 spiro atoms. The Morgan fingerprint density at radius 1 is 0.976 bits per heavy atom.